The Balaban J connectivity index is 3.07. The van der Waals surface area contributed by atoms with Crippen LogP contribution in [-0.2, 0) is 0 Å². The van der Waals surface area contributed by atoms with Crippen LogP contribution in [0.2, 0.25) is 0 Å². The van der Waals surface area contributed by atoms with E-state index in [1.807, 2.05) is 0 Å². The molecule has 1 N–H and O–H groups in total. The minimum absolute atomic E-state index is 0.261. The monoisotopic (exact) mass is 181 g/mol. The molecule has 0 fully saturated rings. The van der Waals surface area contributed by atoms with Gasteiger partial charge in [0.05, 0.1) is 6.10 Å². The van der Waals surface area contributed by atoms with Gasteiger partial charge < -0.3 is 5.11 Å². The van der Waals surface area contributed by atoms with E-state index in [9.17, 15) is 9.50 Å². The molecular weight excluding hydrogens is 167 g/mol. The molecule has 0 heterocycles. The van der Waals surface area contributed by atoms with E-state index >= 15 is 0 Å². The average Bonchev–Trinajstić information content (AvgIpc) is 2.08. The van der Waals surface area contributed by atoms with Crippen LogP contribution < -0.4 is 0 Å². The fraction of sp³-hybridized carbons (Fsp3) is 0.364. The molecule has 2 atom stereocenters. The van der Waals surface area contributed by atoms with Crippen molar-refractivity contribution < 1.29 is 9.50 Å². The Kier molecular flexibility index (Phi) is 3.04. The van der Waals surface area contributed by atoms with Crippen molar-refractivity contribution >= 4 is 0 Å². The van der Waals surface area contributed by atoms with E-state index in [1.165, 1.54) is 0 Å². The quantitative estimate of drug-likeness (QED) is 0.743. The highest BCUT2D eigenvalue weighted by atomic mass is 19.1. The van der Waals surface area contributed by atoms with Gasteiger partial charge >= 0.3 is 0 Å². The summed E-state index contributed by atoms with van der Waals surface area (Å²) in [5, 5.41) is 9.26. The van der Waals surface area contributed by atoms with Crippen molar-refractivity contribution in [3.05, 3.63) is 42.1 Å². The van der Waals surface area contributed by atoms with E-state index in [0.717, 1.165) is 0 Å². The summed E-state index contributed by atoms with van der Waals surface area (Å²) in [5.74, 6) is -0.664. The molecule has 0 aliphatic heterocycles. The summed E-state index contributed by atoms with van der Waals surface area (Å²) in [6.07, 6.45) is -0.628. The second-order valence-corrected chi connectivity index (χ2v) is 3.33. The van der Waals surface area contributed by atoms with Crippen LogP contribution in [0.5, 0.6) is 0 Å². The maximum atomic E-state index is 13.5. The highest BCUT2D eigenvalue weighted by Crippen LogP contribution is 2.23. The Bertz CT molecular complexity index is 294. The fourth-order valence-corrected chi connectivity index (χ4v) is 1.22. The first-order chi connectivity index (χ1) is 6.04. The third-order valence-corrected chi connectivity index (χ3v) is 2.20. The molecule has 0 saturated carbocycles. The third kappa shape index (κ3) is 2.07. The van der Waals surface area contributed by atoms with Crippen LogP contribution in [0, 0.1) is 19.7 Å². The highest BCUT2D eigenvalue weighted by molar-refractivity contribution is 5.29. The standard InChI is InChI=1S/C11H14FO/c1-7-5-4-6-10(11(7)12)8(2)9(3)13/h4-6,8-9,13H,2H2,1,3H3. The lowest BCUT2D eigenvalue weighted by molar-refractivity contribution is 0.176. The minimum atomic E-state index is -0.628. The SMILES string of the molecule is [CH2]C(c1cccc(C)c1F)C(C)O. The Morgan fingerprint density at radius 3 is 2.62 bits per heavy atom. The van der Waals surface area contributed by atoms with Gasteiger partial charge in [-0.15, -0.1) is 0 Å². The number of hydrogen-bond donors (Lipinski definition) is 1. The zero-order chi connectivity index (χ0) is 10.0. The lowest BCUT2D eigenvalue weighted by Crippen LogP contribution is -2.13. The number of aryl methyl sites for hydroxylation is 1. The van der Waals surface area contributed by atoms with Gasteiger partial charge in [-0.1, -0.05) is 18.2 Å². The average molecular weight is 181 g/mol. The molecular formula is C11H14FO. The number of aliphatic hydroxyl groups excluding tert-OH is 1. The van der Waals surface area contributed by atoms with Crippen LogP contribution in [0.15, 0.2) is 18.2 Å². The topological polar surface area (TPSA) is 20.2 Å². The summed E-state index contributed by atoms with van der Waals surface area (Å²) >= 11 is 0. The van der Waals surface area contributed by atoms with Crippen LogP contribution in [-0.4, -0.2) is 11.2 Å². The van der Waals surface area contributed by atoms with Crippen molar-refractivity contribution in [1.82, 2.24) is 0 Å². The Labute approximate surface area is 78.2 Å². The van der Waals surface area contributed by atoms with Gasteiger partial charge in [-0.25, -0.2) is 4.39 Å². The summed E-state index contributed by atoms with van der Waals surface area (Å²) < 4.78 is 13.5. The van der Waals surface area contributed by atoms with Crippen LogP contribution in [0.4, 0.5) is 4.39 Å². The molecule has 0 bridgehead atoms. The number of halogens is 1. The maximum Gasteiger partial charge on any atom is 0.129 e. The summed E-state index contributed by atoms with van der Waals surface area (Å²) in [4.78, 5) is 0. The van der Waals surface area contributed by atoms with Crippen molar-refractivity contribution in [2.75, 3.05) is 0 Å². The van der Waals surface area contributed by atoms with E-state index in [0.29, 0.717) is 11.1 Å². The van der Waals surface area contributed by atoms with Crippen LogP contribution in [0.3, 0.4) is 0 Å². The molecule has 13 heavy (non-hydrogen) atoms. The minimum Gasteiger partial charge on any atom is -0.393 e. The molecule has 0 saturated heterocycles. The van der Waals surface area contributed by atoms with Gasteiger partial charge in [0.2, 0.25) is 0 Å². The van der Waals surface area contributed by atoms with Crippen molar-refractivity contribution in [3.8, 4) is 0 Å². The molecule has 1 rings (SSSR count). The molecule has 71 valence electrons. The summed E-state index contributed by atoms with van der Waals surface area (Å²) in [6, 6.07) is 5.13. The maximum absolute atomic E-state index is 13.5. The molecule has 1 aromatic rings. The predicted octanol–water partition coefficient (Wildman–Crippen LogP) is 2.43. The first-order valence-corrected chi connectivity index (χ1v) is 4.30. The number of aliphatic hydroxyl groups is 1. The molecule has 1 radical (unpaired) electrons. The molecule has 2 unspecified atom stereocenters. The number of rotatable bonds is 2. The predicted molar refractivity (Wildman–Crippen MR) is 50.9 cm³/mol. The van der Waals surface area contributed by atoms with E-state index in [2.05, 4.69) is 6.92 Å². The summed E-state index contributed by atoms with van der Waals surface area (Å²) in [6.45, 7) is 7.03. The molecule has 0 aliphatic carbocycles. The second kappa shape index (κ2) is 3.88. The smallest absolute Gasteiger partial charge is 0.129 e. The molecule has 2 heteroatoms. The largest absolute Gasteiger partial charge is 0.393 e. The Morgan fingerprint density at radius 1 is 1.46 bits per heavy atom. The van der Waals surface area contributed by atoms with Crippen LogP contribution in [0.1, 0.15) is 24.0 Å². The second-order valence-electron chi connectivity index (χ2n) is 3.33. The van der Waals surface area contributed by atoms with Crippen molar-refractivity contribution in [2.24, 2.45) is 0 Å². The van der Waals surface area contributed by atoms with E-state index in [-0.39, 0.29) is 5.82 Å². The molecule has 0 aromatic heterocycles. The molecule has 0 spiro atoms. The van der Waals surface area contributed by atoms with Gasteiger partial charge in [0.1, 0.15) is 5.82 Å². The third-order valence-electron chi connectivity index (χ3n) is 2.20. The Morgan fingerprint density at radius 2 is 2.08 bits per heavy atom. The Hall–Kier alpha value is -0.890. The lowest BCUT2D eigenvalue weighted by Gasteiger charge is -2.16. The summed E-state index contributed by atoms with van der Waals surface area (Å²) in [7, 11) is 0. The van der Waals surface area contributed by atoms with E-state index in [1.54, 1.807) is 32.0 Å². The fourth-order valence-electron chi connectivity index (χ4n) is 1.22. The van der Waals surface area contributed by atoms with Gasteiger partial charge in [-0.05, 0) is 31.9 Å². The zero-order valence-corrected chi connectivity index (χ0v) is 7.92. The first-order valence-electron chi connectivity index (χ1n) is 4.30. The van der Waals surface area contributed by atoms with Gasteiger partial charge in [-0.3, -0.25) is 0 Å². The molecule has 0 amide bonds. The molecule has 1 nitrogen and oxygen atoms in total. The van der Waals surface area contributed by atoms with Gasteiger partial charge in [0, 0.05) is 5.92 Å². The van der Waals surface area contributed by atoms with E-state index < -0.39 is 12.0 Å². The zero-order valence-electron chi connectivity index (χ0n) is 7.92. The van der Waals surface area contributed by atoms with Crippen LogP contribution in [0.25, 0.3) is 0 Å². The first kappa shape index (κ1) is 10.2. The van der Waals surface area contributed by atoms with Gasteiger partial charge in [0.15, 0.2) is 0 Å². The van der Waals surface area contributed by atoms with Crippen molar-refractivity contribution in [3.63, 3.8) is 0 Å². The molecule has 0 aliphatic rings. The number of hydrogen-bond acceptors (Lipinski definition) is 1. The van der Waals surface area contributed by atoms with Gasteiger partial charge in [-0.2, -0.15) is 0 Å². The van der Waals surface area contributed by atoms with Gasteiger partial charge in [0.25, 0.3) is 0 Å². The van der Waals surface area contributed by atoms with E-state index in [4.69, 9.17) is 0 Å². The van der Waals surface area contributed by atoms with Crippen molar-refractivity contribution in [1.29, 1.82) is 0 Å². The normalized spacial score (nSPS) is 15.5. The summed E-state index contributed by atoms with van der Waals surface area (Å²) in [5.41, 5.74) is 1.07. The molecule has 1 aromatic carbocycles. The number of benzene rings is 1. The lowest BCUT2D eigenvalue weighted by atomic mass is 9.94. The van der Waals surface area contributed by atoms with Crippen LogP contribution >= 0.6 is 0 Å². The highest BCUT2D eigenvalue weighted by Gasteiger charge is 2.16. The van der Waals surface area contributed by atoms with Crippen molar-refractivity contribution in [2.45, 2.75) is 25.9 Å².